The zero-order valence-electron chi connectivity index (χ0n) is 10.1. The third-order valence-electron chi connectivity index (χ3n) is 2.99. The van der Waals surface area contributed by atoms with Gasteiger partial charge in [0.2, 0.25) is 0 Å². The van der Waals surface area contributed by atoms with Crippen molar-refractivity contribution in [3.05, 3.63) is 0 Å². The van der Waals surface area contributed by atoms with E-state index < -0.39 is 0 Å². The molecule has 0 nitrogen and oxygen atoms in total. The van der Waals surface area contributed by atoms with Crippen molar-refractivity contribution in [2.24, 2.45) is 0 Å². The van der Waals surface area contributed by atoms with E-state index in [0.29, 0.717) is 18.9 Å². The summed E-state index contributed by atoms with van der Waals surface area (Å²) in [5.74, 6) is 5.20. The standard InChI is InChI=1S/C12H24S4/c13-15-9-5-1-2-6-10-16(14)12-8-4-3-7-11-15/h1-12H2. The minimum atomic E-state index is 0.297. The van der Waals surface area contributed by atoms with Gasteiger partial charge in [-0.05, 0) is 48.7 Å². The predicted molar refractivity (Wildman–Crippen MR) is 85.9 cm³/mol. The van der Waals surface area contributed by atoms with Gasteiger partial charge in [-0.2, -0.15) is 0 Å². The Hall–Kier alpha value is 1.14. The highest BCUT2D eigenvalue weighted by molar-refractivity contribution is 8.29. The molecule has 1 aliphatic rings. The van der Waals surface area contributed by atoms with Crippen LogP contribution in [0.1, 0.15) is 51.4 Å². The van der Waals surface area contributed by atoms with E-state index in [1.807, 2.05) is 0 Å². The lowest BCUT2D eigenvalue weighted by molar-refractivity contribution is 0.696. The van der Waals surface area contributed by atoms with Crippen LogP contribution in [0, 0.1) is 0 Å². The first kappa shape index (κ1) is 15.2. The molecule has 16 heavy (non-hydrogen) atoms. The minimum absolute atomic E-state index is 0.297. The van der Waals surface area contributed by atoms with E-state index in [0.717, 1.165) is 0 Å². The Labute approximate surface area is 115 Å². The molecule has 0 aromatic heterocycles. The quantitative estimate of drug-likeness (QED) is 0.673. The Morgan fingerprint density at radius 3 is 0.938 bits per heavy atom. The van der Waals surface area contributed by atoms with Gasteiger partial charge in [0.15, 0.2) is 0 Å². The van der Waals surface area contributed by atoms with Crippen LogP contribution in [0.5, 0.6) is 0 Å². The lowest BCUT2D eigenvalue weighted by Gasteiger charge is -2.09. The Kier molecular flexibility index (Phi) is 9.59. The van der Waals surface area contributed by atoms with Crippen molar-refractivity contribution in [2.75, 3.05) is 23.0 Å². The number of hydrogen-bond acceptors (Lipinski definition) is 2. The molecule has 0 aromatic rings. The second-order valence-corrected chi connectivity index (χ2v) is 10.7. The molecule has 0 spiro atoms. The summed E-state index contributed by atoms with van der Waals surface area (Å²) < 4.78 is 0. The molecule has 0 radical (unpaired) electrons. The van der Waals surface area contributed by atoms with E-state index in [-0.39, 0.29) is 0 Å². The first-order valence-corrected chi connectivity index (χ1v) is 11.5. The highest BCUT2D eigenvalue weighted by Crippen LogP contribution is 2.08. The summed E-state index contributed by atoms with van der Waals surface area (Å²) in [5, 5.41) is 0. The van der Waals surface area contributed by atoms with Crippen LogP contribution in [-0.2, 0) is 41.3 Å². The molecule has 0 saturated carbocycles. The Bertz CT molecular complexity index is 181. The largest absolute Gasteiger partial charge is 0.122 e. The maximum atomic E-state index is 5.51. The zero-order valence-corrected chi connectivity index (χ0v) is 13.4. The maximum Gasteiger partial charge on any atom is -0.00208 e. The maximum absolute atomic E-state index is 5.51. The van der Waals surface area contributed by atoms with Gasteiger partial charge in [0, 0.05) is 0 Å². The molecule has 0 amide bonds. The van der Waals surface area contributed by atoms with E-state index in [9.17, 15) is 0 Å². The van der Waals surface area contributed by atoms with Crippen molar-refractivity contribution in [3.8, 4) is 0 Å². The fourth-order valence-corrected chi connectivity index (χ4v) is 5.89. The fraction of sp³-hybridized carbons (Fsp3) is 1.00. The Balaban J connectivity index is 2.23. The molecule has 4 heteroatoms. The van der Waals surface area contributed by atoms with Crippen molar-refractivity contribution in [1.29, 1.82) is 0 Å². The van der Waals surface area contributed by atoms with Crippen molar-refractivity contribution >= 4 is 41.3 Å². The van der Waals surface area contributed by atoms with E-state index in [1.165, 1.54) is 74.4 Å². The van der Waals surface area contributed by atoms with Crippen LogP contribution in [0.25, 0.3) is 0 Å². The molecule has 96 valence electrons. The van der Waals surface area contributed by atoms with Gasteiger partial charge in [-0.25, -0.2) is 0 Å². The van der Waals surface area contributed by atoms with Gasteiger partial charge < -0.3 is 0 Å². The third-order valence-corrected chi connectivity index (χ3v) is 7.96. The normalized spacial score (nSPS) is 31.8. The fourth-order valence-electron chi connectivity index (χ4n) is 1.96. The van der Waals surface area contributed by atoms with Crippen LogP contribution < -0.4 is 0 Å². The average molecular weight is 297 g/mol. The van der Waals surface area contributed by atoms with E-state index in [1.54, 1.807) is 0 Å². The summed E-state index contributed by atoms with van der Waals surface area (Å²) in [5.41, 5.74) is 0. The minimum Gasteiger partial charge on any atom is -0.122 e. The van der Waals surface area contributed by atoms with Crippen LogP contribution in [-0.4, -0.2) is 23.0 Å². The second kappa shape index (κ2) is 10.1. The summed E-state index contributed by atoms with van der Waals surface area (Å²) in [4.78, 5) is 0. The van der Waals surface area contributed by atoms with Crippen molar-refractivity contribution in [1.82, 2.24) is 0 Å². The number of hydrogen-bond donors (Lipinski definition) is 0. The molecule has 0 N–H and O–H groups in total. The topological polar surface area (TPSA) is 0 Å². The van der Waals surface area contributed by atoms with Crippen LogP contribution in [0.15, 0.2) is 0 Å². The van der Waals surface area contributed by atoms with Gasteiger partial charge >= 0.3 is 0 Å². The molecule has 0 aliphatic carbocycles. The molecule has 0 atom stereocenters. The summed E-state index contributed by atoms with van der Waals surface area (Å²) in [6, 6.07) is 0. The van der Waals surface area contributed by atoms with Crippen molar-refractivity contribution in [3.63, 3.8) is 0 Å². The van der Waals surface area contributed by atoms with E-state index >= 15 is 0 Å². The van der Waals surface area contributed by atoms with Crippen molar-refractivity contribution in [2.45, 2.75) is 51.4 Å². The SMILES string of the molecule is S=S1CCCCCCS(=S)CCCCCC1. The predicted octanol–water partition coefficient (Wildman–Crippen LogP) is 3.28. The van der Waals surface area contributed by atoms with Crippen LogP contribution in [0.3, 0.4) is 0 Å². The van der Waals surface area contributed by atoms with E-state index in [2.05, 4.69) is 0 Å². The lowest BCUT2D eigenvalue weighted by atomic mass is 10.2. The van der Waals surface area contributed by atoms with Crippen LogP contribution in [0.4, 0.5) is 0 Å². The van der Waals surface area contributed by atoms with Gasteiger partial charge in [0.05, 0.1) is 0 Å². The molecule has 0 bridgehead atoms. The first-order valence-electron chi connectivity index (χ1n) is 6.49. The Morgan fingerprint density at radius 2 is 0.688 bits per heavy atom. The molecule has 0 aromatic carbocycles. The molecule has 1 rings (SSSR count). The van der Waals surface area contributed by atoms with Gasteiger partial charge in [0.25, 0.3) is 0 Å². The monoisotopic (exact) mass is 296 g/mol. The van der Waals surface area contributed by atoms with Gasteiger partial charge in [0.1, 0.15) is 0 Å². The summed E-state index contributed by atoms with van der Waals surface area (Å²) in [6.07, 6.45) is 11.0. The molecule has 1 fully saturated rings. The van der Waals surface area contributed by atoms with E-state index in [4.69, 9.17) is 22.4 Å². The first-order chi connectivity index (χ1) is 7.79. The Morgan fingerprint density at radius 1 is 0.438 bits per heavy atom. The van der Waals surface area contributed by atoms with Crippen molar-refractivity contribution < 1.29 is 0 Å². The smallest absolute Gasteiger partial charge is 0.00208 e. The molecule has 1 aliphatic heterocycles. The highest BCUT2D eigenvalue weighted by Gasteiger charge is 2.01. The summed E-state index contributed by atoms with van der Waals surface area (Å²) in [7, 11) is 0.593. The van der Waals surface area contributed by atoms with Crippen LogP contribution in [0.2, 0.25) is 0 Å². The second-order valence-electron chi connectivity index (χ2n) is 4.52. The van der Waals surface area contributed by atoms with Gasteiger partial charge in [-0.15, -0.1) is 18.9 Å². The molecule has 1 heterocycles. The summed E-state index contributed by atoms with van der Waals surface area (Å²) >= 11 is 11.0. The lowest BCUT2D eigenvalue weighted by Crippen LogP contribution is -2.05. The third kappa shape index (κ3) is 8.26. The van der Waals surface area contributed by atoms with Gasteiger partial charge in [-0.1, -0.05) is 48.1 Å². The average Bonchev–Trinajstić information content (AvgIpc) is 2.27. The zero-order chi connectivity index (χ0) is 11.6. The molecular formula is C12H24S4. The molecular weight excluding hydrogens is 272 g/mol. The number of rotatable bonds is 0. The highest BCUT2D eigenvalue weighted by atomic mass is 32.8. The van der Waals surface area contributed by atoms with Crippen LogP contribution >= 0.6 is 0 Å². The van der Waals surface area contributed by atoms with Gasteiger partial charge in [-0.3, -0.25) is 0 Å². The summed E-state index contributed by atoms with van der Waals surface area (Å²) in [6.45, 7) is 0. The molecule has 0 unspecified atom stereocenters. The molecule has 1 saturated heterocycles.